The second kappa shape index (κ2) is 8.68. The zero-order valence-electron chi connectivity index (χ0n) is 17.6. The third kappa shape index (κ3) is 5.17. The predicted octanol–water partition coefficient (Wildman–Crippen LogP) is 3.61. The van der Waals surface area contributed by atoms with E-state index >= 15 is 0 Å². The van der Waals surface area contributed by atoms with E-state index in [1.165, 1.54) is 0 Å². The molecule has 0 unspecified atom stereocenters. The van der Waals surface area contributed by atoms with Crippen molar-refractivity contribution < 1.29 is 9.84 Å². The average molecular weight is 396 g/mol. The molecule has 2 heterocycles. The molecule has 0 amide bonds. The maximum Gasteiger partial charge on any atom is 0.121 e. The number of nitriles is 1. The van der Waals surface area contributed by atoms with E-state index in [9.17, 15) is 10.4 Å². The van der Waals surface area contributed by atoms with Gasteiger partial charge in [0.05, 0.1) is 28.2 Å². The first-order chi connectivity index (χ1) is 13.8. The van der Waals surface area contributed by atoms with Crippen LogP contribution in [0.15, 0.2) is 30.5 Å². The van der Waals surface area contributed by atoms with Crippen molar-refractivity contribution in [2.24, 2.45) is 0 Å². The van der Waals surface area contributed by atoms with E-state index in [1.54, 1.807) is 6.20 Å². The van der Waals surface area contributed by atoms with Crippen molar-refractivity contribution in [3.63, 3.8) is 0 Å². The maximum atomic E-state index is 10.1. The summed E-state index contributed by atoms with van der Waals surface area (Å²) in [5, 5.41) is 23.0. The van der Waals surface area contributed by atoms with E-state index in [4.69, 9.17) is 4.74 Å². The number of ether oxygens (including phenoxy) is 1. The van der Waals surface area contributed by atoms with Crippen LogP contribution in [-0.2, 0) is 11.2 Å². The highest BCUT2D eigenvalue weighted by Crippen LogP contribution is 2.35. The van der Waals surface area contributed by atoms with Crippen molar-refractivity contribution in [2.75, 3.05) is 42.2 Å². The number of hydrogen-bond donors (Lipinski definition) is 2. The Morgan fingerprint density at radius 1 is 1.28 bits per heavy atom. The molecule has 1 aliphatic heterocycles. The number of rotatable bonds is 6. The van der Waals surface area contributed by atoms with Gasteiger partial charge in [0.15, 0.2) is 0 Å². The number of aryl methyl sites for hydroxylation is 1. The van der Waals surface area contributed by atoms with Crippen LogP contribution in [0.4, 0.5) is 22.7 Å². The number of pyridine rings is 1. The van der Waals surface area contributed by atoms with Gasteiger partial charge in [0.2, 0.25) is 0 Å². The van der Waals surface area contributed by atoms with Gasteiger partial charge in [-0.05, 0) is 51.0 Å². The van der Waals surface area contributed by atoms with Crippen molar-refractivity contribution in [1.29, 1.82) is 5.26 Å². The third-order valence-electron chi connectivity index (χ3n) is 4.98. The zero-order chi connectivity index (χ0) is 21.0. The lowest BCUT2D eigenvalue weighted by molar-refractivity contribution is 0.0695. The van der Waals surface area contributed by atoms with Gasteiger partial charge in [-0.1, -0.05) is 6.92 Å². The number of fused-ring (bicyclic) bond motifs is 1. The van der Waals surface area contributed by atoms with Crippen LogP contribution in [0.3, 0.4) is 0 Å². The molecular weight excluding hydrogens is 366 g/mol. The molecule has 1 aliphatic rings. The second-order valence-corrected chi connectivity index (χ2v) is 8.00. The van der Waals surface area contributed by atoms with Gasteiger partial charge in [-0.15, -0.1) is 0 Å². The summed E-state index contributed by atoms with van der Waals surface area (Å²) in [7, 11) is 2.00. The molecule has 0 atom stereocenters. The largest absolute Gasteiger partial charge is 0.390 e. The average Bonchev–Trinajstić information content (AvgIpc) is 2.84. The molecule has 0 radical (unpaired) electrons. The normalized spacial score (nSPS) is 14.2. The van der Waals surface area contributed by atoms with Gasteiger partial charge in [0, 0.05) is 31.2 Å². The Kier molecular flexibility index (Phi) is 6.26. The molecule has 0 fully saturated rings. The molecule has 3 rings (SSSR count). The fourth-order valence-corrected chi connectivity index (χ4v) is 3.24. The molecule has 7 nitrogen and oxygen atoms in total. The monoisotopic (exact) mass is 395 g/mol. The van der Waals surface area contributed by atoms with Gasteiger partial charge >= 0.3 is 0 Å². The summed E-state index contributed by atoms with van der Waals surface area (Å²) >= 11 is 0. The SMILES string of the molecule is CCc1cc(Nc2ccc3c(c2)N(CCC(C)(C)O)COCN3C)c(C#N)cn1. The Balaban J connectivity index is 1.93. The smallest absolute Gasteiger partial charge is 0.121 e. The molecule has 0 saturated heterocycles. The first kappa shape index (κ1) is 20.9. The fourth-order valence-electron chi connectivity index (χ4n) is 3.24. The second-order valence-electron chi connectivity index (χ2n) is 8.00. The van der Waals surface area contributed by atoms with Crippen LogP contribution in [0.25, 0.3) is 0 Å². The molecule has 0 bridgehead atoms. The van der Waals surface area contributed by atoms with Gasteiger partial charge in [-0.3, -0.25) is 4.98 Å². The van der Waals surface area contributed by atoms with Crippen LogP contribution in [0, 0.1) is 11.3 Å². The Hall–Kier alpha value is -2.82. The molecule has 154 valence electrons. The molecule has 7 heteroatoms. The highest BCUT2D eigenvalue weighted by Gasteiger charge is 2.22. The Labute approximate surface area is 172 Å². The van der Waals surface area contributed by atoms with Crippen LogP contribution in [-0.4, -0.2) is 42.7 Å². The van der Waals surface area contributed by atoms with Crippen molar-refractivity contribution in [1.82, 2.24) is 4.98 Å². The first-order valence-corrected chi connectivity index (χ1v) is 9.87. The van der Waals surface area contributed by atoms with E-state index in [0.29, 0.717) is 32.0 Å². The summed E-state index contributed by atoms with van der Waals surface area (Å²) in [5.41, 5.74) is 4.43. The molecule has 29 heavy (non-hydrogen) atoms. The minimum Gasteiger partial charge on any atom is -0.390 e. The number of aromatic nitrogens is 1. The minimum atomic E-state index is -0.747. The van der Waals surface area contributed by atoms with Crippen LogP contribution in [0.5, 0.6) is 0 Å². The van der Waals surface area contributed by atoms with E-state index in [0.717, 1.165) is 34.9 Å². The fraction of sp³-hybridized carbons (Fsp3) is 0.455. The van der Waals surface area contributed by atoms with Crippen LogP contribution in [0.1, 0.15) is 38.4 Å². The molecule has 1 aromatic carbocycles. The van der Waals surface area contributed by atoms with Crippen molar-refractivity contribution in [3.8, 4) is 6.07 Å². The highest BCUT2D eigenvalue weighted by molar-refractivity contribution is 5.78. The van der Waals surface area contributed by atoms with E-state index in [2.05, 4.69) is 38.3 Å². The van der Waals surface area contributed by atoms with E-state index in [-0.39, 0.29) is 0 Å². The third-order valence-corrected chi connectivity index (χ3v) is 4.98. The van der Waals surface area contributed by atoms with E-state index in [1.807, 2.05) is 40.0 Å². The zero-order valence-corrected chi connectivity index (χ0v) is 17.6. The first-order valence-electron chi connectivity index (χ1n) is 9.87. The van der Waals surface area contributed by atoms with Crippen LogP contribution in [0.2, 0.25) is 0 Å². The summed E-state index contributed by atoms with van der Waals surface area (Å²) < 4.78 is 5.79. The van der Waals surface area contributed by atoms with Crippen molar-refractivity contribution in [2.45, 2.75) is 39.2 Å². The molecule has 0 spiro atoms. The molecule has 1 aromatic heterocycles. The standard InChI is InChI=1S/C22H29N5O2/c1-5-17-10-19(16(12-23)13-24-17)25-18-6-7-20-21(11-18)27(9-8-22(2,3)28)15-29-14-26(20)4/h6-7,10-11,13,28H,5,8-9,14-15H2,1-4H3,(H,24,25). The predicted molar refractivity (Wildman–Crippen MR) is 116 cm³/mol. The summed E-state index contributed by atoms with van der Waals surface area (Å²) in [4.78, 5) is 8.50. The molecule has 0 aliphatic carbocycles. The lowest BCUT2D eigenvalue weighted by Gasteiger charge is -2.28. The number of nitrogens with one attached hydrogen (secondary N) is 1. The van der Waals surface area contributed by atoms with Crippen molar-refractivity contribution >= 4 is 22.7 Å². The number of benzene rings is 1. The quantitative estimate of drug-likeness (QED) is 0.773. The van der Waals surface area contributed by atoms with Crippen LogP contribution >= 0.6 is 0 Å². The molecular formula is C22H29N5O2. The topological polar surface area (TPSA) is 84.7 Å². The summed E-state index contributed by atoms with van der Waals surface area (Å²) in [6.45, 7) is 7.30. The molecule has 2 N–H and O–H groups in total. The molecule has 2 aromatic rings. The Bertz CT molecular complexity index is 901. The Morgan fingerprint density at radius 3 is 2.76 bits per heavy atom. The number of aliphatic hydroxyl groups is 1. The lowest BCUT2D eigenvalue weighted by atomic mass is 10.1. The summed E-state index contributed by atoms with van der Waals surface area (Å²) in [6, 6.07) is 10.2. The number of anilines is 4. The maximum absolute atomic E-state index is 10.1. The van der Waals surface area contributed by atoms with Gasteiger partial charge in [-0.25, -0.2) is 0 Å². The minimum absolute atomic E-state index is 0.454. The van der Waals surface area contributed by atoms with Gasteiger partial charge in [0.25, 0.3) is 0 Å². The van der Waals surface area contributed by atoms with Gasteiger partial charge in [-0.2, -0.15) is 5.26 Å². The summed E-state index contributed by atoms with van der Waals surface area (Å²) in [5.74, 6) is 0. The Morgan fingerprint density at radius 2 is 2.07 bits per heavy atom. The number of hydrogen-bond acceptors (Lipinski definition) is 7. The van der Waals surface area contributed by atoms with Crippen LogP contribution < -0.4 is 15.1 Å². The van der Waals surface area contributed by atoms with Gasteiger partial charge < -0.3 is 25.0 Å². The summed E-state index contributed by atoms with van der Waals surface area (Å²) in [6.07, 6.45) is 3.04. The highest BCUT2D eigenvalue weighted by atomic mass is 16.5. The van der Waals surface area contributed by atoms with E-state index < -0.39 is 5.60 Å². The van der Waals surface area contributed by atoms with Crippen molar-refractivity contribution in [3.05, 3.63) is 41.7 Å². The number of nitrogens with zero attached hydrogens (tertiary/aromatic N) is 4. The lowest BCUT2D eigenvalue weighted by Crippen LogP contribution is -2.32. The molecule has 0 saturated carbocycles. The van der Waals surface area contributed by atoms with Gasteiger partial charge in [0.1, 0.15) is 19.5 Å².